The summed E-state index contributed by atoms with van der Waals surface area (Å²) >= 11 is 0. The third-order valence-electron chi connectivity index (χ3n) is 5.65. The van der Waals surface area contributed by atoms with Crippen LogP contribution in [0.15, 0.2) is 64.5 Å². The SMILES string of the molecule is CC(C)(C)c1ccccc1S(=O)(=O)c1ccc2ccnc(N3CCCNCC3)c2c1.Cl. The maximum absolute atomic E-state index is 13.6. The Bertz CT molecular complexity index is 1160. The summed E-state index contributed by atoms with van der Waals surface area (Å²) in [4.78, 5) is 7.57. The van der Waals surface area contributed by atoms with Crippen LogP contribution in [0.3, 0.4) is 0 Å². The summed E-state index contributed by atoms with van der Waals surface area (Å²) in [6.45, 7) is 9.77. The van der Waals surface area contributed by atoms with E-state index in [0.717, 1.165) is 54.8 Å². The molecular weight excluding hydrogens is 430 g/mol. The Morgan fingerprint density at radius 3 is 2.55 bits per heavy atom. The van der Waals surface area contributed by atoms with Crippen LogP contribution in [0.4, 0.5) is 5.82 Å². The first-order chi connectivity index (χ1) is 14.3. The lowest BCUT2D eigenvalue weighted by Crippen LogP contribution is -2.28. The number of nitrogens with one attached hydrogen (secondary N) is 1. The zero-order valence-electron chi connectivity index (χ0n) is 18.3. The number of sulfone groups is 1. The minimum atomic E-state index is -3.66. The van der Waals surface area contributed by atoms with Gasteiger partial charge in [-0.15, -0.1) is 12.4 Å². The maximum atomic E-state index is 13.6. The van der Waals surface area contributed by atoms with E-state index in [9.17, 15) is 8.42 Å². The van der Waals surface area contributed by atoms with Gasteiger partial charge in [0.05, 0.1) is 9.79 Å². The Labute approximate surface area is 191 Å². The van der Waals surface area contributed by atoms with Crippen LogP contribution in [-0.2, 0) is 15.3 Å². The molecular formula is C24H30ClN3O2S. The van der Waals surface area contributed by atoms with Gasteiger partial charge in [-0.1, -0.05) is 45.0 Å². The van der Waals surface area contributed by atoms with Crippen LogP contribution in [0.2, 0.25) is 0 Å². The molecule has 1 aliphatic rings. The summed E-state index contributed by atoms with van der Waals surface area (Å²) in [7, 11) is -3.66. The van der Waals surface area contributed by atoms with Gasteiger partial charge in [0.15, 0.2) is 0 Å². The molecule has 166 valence electrons. The third-order valence-corrected chi connectivity index (χ3v) is 7.46. The molecule has 3 aromatic rings. The van der Waals surface area contributed by atoms with Crippen molar-refractivity contribution in [2.75, 3.05) is 31.1 Å². The fourth-order valence-corrected chi connectivity index (χ4v) is 5.75. The Morgan fingerprint density at radius 1 is 1.00 bits per heavy atom. The van der Waals surface area contributed by atoms with E-state index in [0.29, 0.717) is 9.79 Å². The molecule has 4 rings (SSSR count). The highest BCUT2D eigenvalue weighted by Gasteiger charge is 2.27. The smallest absolute Gasteiger partial charge is 0.206 e. The first-order valence-electron chi connectivity index (χ1n) is 10.5. The molecule has 2 heterocycles. The monoisotopic (exact) mass is 459 g/mol. The summed E-state index contributed by atoms with van der Waals surface area (Å²) in [5, 5.41) is 5.29. The fraction of sp³-hybridized carbons (Fsp3) is 0.375. The molecule has 0 spiro atoms. The van der Waals surface area contributed by atoms with Gasteiger partial charge in [-0.25, -0.2) is 13.4 Å². The van der Waals surface area contributed by atoms with Gasteiger partial charge in [0.2, 0.25) is 9.84 Å². The number of anilines is 1. The number of fused-ring (bicyclic) bond motifs is 1. The van der Waals surface area contributed by atoms with E-state index in [1.165, 1.54) is 0 Å². The highest BCUT2D eigenvalue weighted by atomic mass is 35.5. The highest BCUT2D eigenvalue weighted by Crippen LogP contribution is 2.34. The molecule has 1 N–H and O–H groups in total. The van der Waals surface area contributed by atoms with Crippen LogP contribution in [0.1, 0.15) is 32.8 Å². The maximum Gasteiger partial charge on any atom is 0.206 e. The molecule has 5 nitrogen and oxygen atoms in total. The van der Waals surface area contributed by atoms with Crippen molar-refractivity contribution in [1.29, 1.82) is 0 Å². The number of rotatable bonds is 3. The average molecular weight is 460 g/mol. The molecule has 1 aromatic heterocycles. The molecule has 1 saturated heterocycles. The van der Waals surface area contributed by atoms with E-state index < -0.39 is 9.84 Å². The zero-order chi connectivity index (χ0) is 21.4. The van der Waals surface area contributed by atoms with Gasteiger partial charge in [-0.05, 0) is 53.6 Å². The Hall–Kier alpha value is -2.15. The largest absolute Gasteiger partial charge is 0.355 e. The lowest BCUT2D eigenvalue weighted by atomic mass is 9.87. The normalized spacial score (nSPS) is 15.4. The highest BCUT2D eigenvalue weighted by molar-refractivity contribution is 7.91. The van der Waals surface area contributed by atoms with E-state index in [-0.39, 0.29) is 17.8 Å². The summed E-state index contributed by atoms with van der Waals surface area (Å²) in [6, 6.07) is 14.7. The van der Waals surface area contributed by atoms with E-state index in [2.05, 4.69) is 15.2 Å². The quantitative estimate of drug-likeness (QED) is 0.620. The molecule has 2 aromatic carbocycles. The van der Waals surface area contributed by atoms with Gasteiger partial charge in [0, 0.05) is 31.2 Å². The van der Waals surface area contributed by atoms with E-state index in [4.69, 9.17) is 0 Å². The van der Waals surface area contributed by atoms with Crippen LogP contribution in [0, 0.1) is 0 Å². The first-order valence-corrected chi connectivity index (χ1v) is 12.0. The topological polar surface area (TPSA) is 62.3 Å². The molecule has 31 heavy (non-hydrogen) atoms. The Kier molecular flexibility index (Phi) is 6.94. The number of pyridine rings is 1. The minimum absolute atomic E-state index is 0. The van der Waals surface area contributed by atoms with E-state index in [1.54, 1.807) is 30.5 Å². The summed E-state index contributed by atoms with van der Waals surface area (Å²) in [5.74, 6) is 0.859. The molecule has 0 atom stereocenters. The number of hydrogen-bond acceptors (Lipinski definition) is 5. The van der Waals surface area contributed by atoms with Crippen LogP contribution in [0.5, 0.6) is 0 Å². The summed E-state index contributed by atoms with van der Waals surface area (Å²) in [5.41, 5.74) is 0.557. The lowest BCUT2D eigenvalue weighted by molar-refractivity contribution is 0.561. The van der Waals surface area contributed by atoms with Gasteiger partial charge in [-0.2, -0.15) is 0 Å². The first kappa shape index (κ1) is 23.5. The predicted octanol–water partition coefficient (Wildman–Crippen LogP) is 4.59. The fourth-order valence-electron chi connectivity index (χ4n) is 4.06. The second-order valence-electron chi connectivity index (χ2n) is 8.86. The standard InChI is InChI=1S/C24H29N3O2S.ClH/c1-24(2,3)21-7-4-5-8-22(21)30(28,29)19-10-9-18-11-13-26-23(20(18)17-19)27-15-6-12-25-14-16-27;/h4-5,7-11,13,17,25H,6,12,14-16H2,1-3H3;1H. The van der Waals surface area contributed by atoms with Crippen molar-refractivity contribution in [2.45, 2.75) is 42.4 Å². The van der Waals surface area contributed by atoms with Gasteiger partial charge in [0.1, 0.15) is 5.82 Å². The molecule has 0 bridgehead atoms. The van der Waals surface area contributed by atoms with Crippen molar-refractivity contribution in [2.24, 2.45) is 0 Å². The molecule has 1 aliphatic heterocycles. The van der Waals surface area contributed by atoms with Gasteiger partial charge in [-0.3, -0.25) is 0 Å². The number of halogens is 1. The second kappa shape index (κ2) is 9.15. The third kappa shape index (κ3) is 4.71. The van der Waals surface area contributed by atoms with Crippen LogP contribution >= 0.6 is 12.4 Å². The number of nitrogens with zero attached hydrogens (tertiary/aromatic N) is 2. The zero-order valence-corrected chi connectivity index (χ0v) is 19.9. The molecule has 0 radical (unpaired) electrons. The van der Waals surface area contributed by atoms with E-state index in [1.807, 2.05) is 45.0 Å². The van der Waals surface area contributed by atoms with E-state index >= 15 is 0 Å². The lowest BCUT2D eigenvalue weighted by Gasteiger charge is -2.24. The Morgan fingerprint density at radius 2 is 1.77 bits per heavy atom. The van der Waals surface area contributed by atoms with Crippen LogP contribution in [-0.4, -0.2) is 39.6 Å². The Balaban J connectivity index is 0.00000272. The van der Waals surface area contributed by atoms with Crippen molar-refractivity contribution >= 4 is 38.8 Å². The van der Waals surface area contributed by atoms with Crippen LogP contribution < -0.4 is 10.2 Å². The predicted molar refractivity (Wildman–Crippen MR) is 129 cm³/mol. The van der Waals surface area contributed by atoms with Crippen molar-refractivity contribution in [1.82, 2.24) is 10.3 Å². The summed E-state index contributed by atoms with van der Waals surface area (Å²) < 4.78 is 27.3. The van der Waals surface area contributed by atoms with Crippen molar-refractivity contribution in [3.63, 3.8) is 0 Å². The molecule has 0 aliphatic carbocycles. The van der Waals surface area contributed by atoms with Gasteiger partial charge < -0.3 is 10.2 Å². The van der Waals surface area contributed by atoms with Gasteiger partial charge in [0.25, 0.3) is 0 Å². The van der Waals surface area contributed by atoms with Crippen molar-refractivity contribution in [3.05, 3.63) is 60.3 Å². The van der Waals surface area contributed by atoms with Crippen LogP contribution in [0.25, 0.3) is 10.8 Å². The molecule has 1 fully saturated rings. The second-order valence-corrected chi connectivity index (χ2v) is 10.8. The summed E-state index contributed by atoms with van der Waals surface area (Å²) in [6.07, 6.45) is 2.84. The average Bonchev–Trinajstić information content (AvgIpc) is 3.02. The number of hydrogen-bond donors (Lipinski definition) is 1. The molecule has 0 saturated carbocycles. The molecule has 0 amide bonds. The number of benzene rings is 2. The van der Waals surface area contributed by atoms with Gasteiger partial charge >= 0.3 is 0 Å². The molecule has 0 unspecified atom stereocenters. The van der Waals surface area contributed by atoms with Crippen molar-refractivity contribution in [3.8, 4) is 0 Å². The minimum Gasteiger partial charge on any atom is -0.355 e. The number of aromatic nitrogens is 1. The van der Waals surface area contributed by atoms with Crippen molar-refractivity contribution < 1.29 is 8.42 Å². The molecule has 7 heteroatoms.